The molecular formula is C20H16N2O2. The minimum atomic E-state index is -0.404. The van der Waals surface area contributed by atoms with Gasteiger partial charge in [-0.3, -0.25) is 4.98 Å². The average molecular weight is 316 g/mol. The molecule has 0 aliphatic rings. The summed E-state index contributed by atoms with van der Waals surface area (Å²) in [6.07, 6.45) is 3.56. The van der Waals surface area contributed by atoms with Crippen LogP contribution in [0.2, 0.25) is 0 Å². The van der Waals surface area contributed by atoms with Gasteiger partial charge in [0.05, 0.1) is 6.42 Å². The molecule has 3 rings (SSSR count). The fourth-order valence-electron chi connectivity index (χ4n) is 2.26. The fourth-order valence-corrected chi connectivity index (χ4v) is 2.26. The highest BCUT2D eigenvalue weighted by atomic mass is 16.7. The first-order valence-corrected chi connectivity index (χ1v) is 7.60. The molecule has 1 aromatic heterocycles. The summed E-state index contributed by atoms with van der Waals surface area (Å²) in [6.45, 7) is 0. The van der Waals surface area contributed by atoms with Crippen molar-refractivity contribution >= 4 is 11.7 Å². The molecule has 1 heterocycles. The highest BCUT2D eigenvalue weighted by Gasteiger charge is 2.10. The minimum Gasteiger partial charge on any atom is -0.317 e. The first-order chi connectivity index (χ1) is 11.8. The van der Waals surface area contributed by atoms with Gasteiger partial charge in [0, 0.05) is 23.5 Å². The van der Waals surface area contributed by atoms with Gasteiger partial charge in [0.25, 0.3) is 0 Å². The molecule has 4 heteroatoms. The van der Waals surface area contributed by atoms with Crippen molar-refractivity contribution in [1.29, 1.82) is 0 Å². The van der Waals surface area contributed by atoms with Crippen molar-refractivity contribution in [3.8, 4) is 0 Å². The van der Waals surface area contributed by atoms with E-state index in [0.29, 0.717) is 5.71 Å². The van der Waals surface area contributed by atoms with Gasteiger partial charge in [-0.15, -0.1) is 0 Å². The number of hydrogen-bond donors (Lipinski definition) is 0. The quantitative estimate of drug-likeness (QED) is 0.410. The summed E-state index contributed by atoms with van der Waals surface area (Å²) in [7, 11) is 0. The summed E-state index contributed by atoms with van der Waals surface area (Å²) < 4.78 is 0. The average Bonchev–Trinajstić information content (AvgIpc) is 2.64. The fraction of sp³-hybridized carbons (Fsp3) is 0.0500. The molecule has 0 amide bonds. The molecule has 0 saturated carbocycles. The third-order valence-corrected chi connectivity index (χ3v) is 3.41. The van der Waals surface area contributed by atoms with E-state index in [9.17, 15) is 4.79 Å². The first kappa shape index (κ1) is 15.6. The van der Waals surface area contributed by atoms with Crippen LogP contribution in [0, 0.1) is 0 Å². The maximum absolute atomic E-state index is 12.0. The Bertz CT molecular complexity index is 775. The van der Waals surface area contributed by atoms with Crippen LogP contribution in [-0.4, -0.2) is 16.7 Å². The van der Waals surface area contributed by atoms with Gasteiger partial charge in [-0.1, -0.05) is 65.8 Å². The maximum Gasteiger partial charge on any atom is 0.339 e. The zero-order chi connectivity index (χ0) is 16.6. The molecule has 118 valence electrons. The lowest BCUT2D eigenvalue weighted by atomic mass is 10.0. The van der Waals surface area contributed by atoms with Crippen molar-refractivity contribution < 1.29 is 9.63 Å². The van der Waals surface area contributed by atoms with Gasteiger partial charge in [0.15, 0.2) is 0 Å². The number of carbonyl (C=O) groups is 1. The Balaban J connectivity index is 1.81. The van der Waals surface area contributed by atoms with Crippen molar-refractivity contribution in [2.24, 2.45) is 5.16 Å². The Morgan fingerprint density at radius 1 is 0.875 bits per heavy atom. The standard InChI is InChI=1S/C20H16N2O2/c23-19(14-16-8-3-1-4-9-16)24-22-20(17-10-5-2-6-11-17)18-12-7-13-21-15-18/h1-13,15H,14H2/b22-20+. The van der Waals surface area contributed by atoms with E-state index in [4.69, 9.17) is 4.84 Å². The molecule has 0 aliphatic carbocycles. The maximum atomic E-state index is 12.0. The van der Waals surface area contributed by atoms with E-state index in [0.717, 1.165) is 16.7 Å². The number of benzene rings is 2. The molecule has 0 unspecified atom stereocenters. The Hall–Kier alpha value is -3.27. The molecule has 0 fully saturated rings. The van der Waals surface area contributed by atoms with Gasteiger partial charge in [0.1, 0.15) is 5.71 Å². The van der Waals surface area contributed by atoms with Crippen molar-refractivity contribution in [2.75, 3.05) is 0 Å². The van der Waals surface area contributed by atoms with Crippen LogP contribution in [0.3, 0.4) is 0 Å². The van der Waals surface area contributed by atoms with Crippen LogP contribution in [-0.2, 0) is 16.1 Å². The third-order valence-electron chi connectivity index (χ3n) is 3.41. The van der Waals surface area contributed by atoms with Crippen LogP contribution < -0.4 is 0 Å². The second kappa shape index (κ2) is 7.83. The van der Waals surface area contributed by atoms with Crippen molar-refractivity contribution in [3.05, 3.63) is 102 Å². The molecule has 0 saturated heterocycles. The van der Waals surface area contributed by atoms with E-state index in [1.165, 1.54) is 0 Å². The summed E-state index contributed by atoms with van der Waals surface area (Å²) in [4.78, 5) is 21.3. The van der Waals surface area contributed by atoms with Gasteiger partial charge >= 0.3 is 5.97 Å². The first-order valence-electron chi connectivity index (χ1n) is 7.60. The normalized spacial score (nSPS) is 11.1. The largest absolute Gasteiger partial charge is 0.339 e. The summed E-state index contributed by atoms with van der Waals surface area (Å²) in [5.41, 5.74) is 3.11. The van der Waals surface area contributed by atoms with Crippen LogP contribution >= 0.6 is 0 Å². The zero-order valence-electron chi connectivity index (χ0n) is 13.0. The number of rotatable bonds is 5. The van der Waals surface area contributed by atoms with E-state index >= 15 is 0 Å². The van der Waals surface area contributed by atoms with E-state index in [-0.39, 0.29) is 6.42 Å². The Kier molecular flexibility index (Phi) is 5.10. The number of aromatic nitrogens is 1. The Morgan fingerprint density at radius 3 is 2.21 bits per heavy atom. The Labute approximate surface area is 140 Å². The predicted molar refractivity (Wildman–Crippen MR) is 92.6 cm³/mol. The van der Waals surface area contributed by atoms with Gasteiger partial charge in [-0.05, 0) is 17.7 Å². The van der Waals surface area contributed by atoms with Crippen molar-refractivity contribution in [2.45, 2.75) is 6.42 Å². The lowest BCUT2D eigenvalue weighted by Gasteiger charge is -2.06. The minimum absolute atomic E-state index is 0.180. The molecule has 4 nitrogen and oxygen atoms in total. The molecule has 0 spiro atoms. The highest BCUT2D eigenvalue weighted by molar-refractivity contribution is 6.12. The van der Waals surface area contributed by atoms with Gasteiger partial charge in [-0.25, -0.2) is 4.79 Å². The van der Waals surface area contributed by atoms with Gasteiger partial charge in [0.2, 0.25) is 0 Å². The highest BCUT2D eigenvalue weighted by Crippen LogP contribution is 2.11. The number of hydrogen-bond acceptors (Lipinski definition) is 4. The lowest BCUT2D eigenvalue weighted by Crippen LogP contribution is -2.09. The summed E-state index contributed by atoms with van der Waals surface area (Å²) in [5, 5.41) is 4.09. The molecule has 0 N–H and O–H groups in total. The Morgan fingerprint density at radius 2 is 1.54 bits per heavy atom. The van der Waals surface area contributed by atoms with Crippen LogP contribution in [0.25, 0.3) is 0 Å². The second-order valence-electron chi connectivity index (χ2n) is 5.17. The van der Waals surface area contributed by atoms with E-state index < -0.39 is 5.97 Å². The molecule has 0 radical (unpaired) electrons. The zero-order valence-corrected chi connectivity index (χ0v) is 13.0. The van der Waals surface area contributed by atoms with E-state index in [1.54, 1.807) is 12.4 Å². The smallest absolute Gasteiger partial charge is 0.317 e. The van der Waals surface area contributed by atoms with Crippen LogP contribution in [0.5, 0.6) is 0 Å². The van der Waals surface area contributed by atoms with Crippen LogP contribution in [0.1, 0.15) is 16.7 Å². The van der Waals surface area contributed by atoms with Gasteiger partial charge < -0.3 is 4.84 Å². The van der Waals surface area contributed by atoms with Crippen molar-refractivity contribution in [1.82, 2.24) is 4.98 Å². The molecule has 24 heavy (non-hydrogen) atoms. The summed E-state index contributed by atoms with van der Waals surface area (Å²) in [5.74, 6) is -0.404. The van der Waals surface area contributed by atoms with E-state index in [1.807, 2.05) is 72.8 Å². The summed E-state index contributed by atoms with van der Waals surface area (Å²) >= 11 is 0. The van der Waals surface area contributed by atoms with Crippen molar-refractivity contribution in [3.63, 3.8) is 0 Å². The second-order valence-corrected chi connectivity index (χ2v) is 5.17. The molecule has 3 aromatic rings. The number of pyridine rings is 1. The topological polar surface area (TPSA) is 51.5 Å². The van der Waals surface area contributed by atoms with Gasteiger partial charge in [-0.2, -0.15) is 0 Å². The predicted octanol–water partition coefficient (Wildman–Crippen LogP) is 3.62. The number of carbonyl (C=O) groups excluding carboxylic acids is 1. The molecule has 0 aliphatic heterocycles. The summed E-state index contributed by atoms with van der Waals surface area (Å²) in [6, 6.07) is 22.7. The number of nitrogens with zero attached hydrogens (tertiary/aromatic N) is 2. The molecular weight excluding hydrogens is 300 g/mol. The van der Waals surface area contributed by atoms with Crippen LogP contribution in [0.4, 0.5) is 0 Å². The molecule has 0 atom stereocenters. The van der Waals surface area contributed by atoms with Crippen LogP contribution in [0.15, 0.2) is 90.3 Å². The van der Waals surface area contributed by atoms with E-state index in [2.05, 4.69) is 10.1 Å². The molecule has 0 bridgehead atoms. The lowest BCUT2D eigenvalue weighted by molar-refractivity contribution is -0.142. The monoisotopic (exact) mass is 316 g/mol. The SMILES string of the molecule is O=C(Cc1ccccc1)O/N=C(\c1ccccc1)c1cccnc1. The molecule has 2 aromatic carbocycles. The number of oxime groups is 1. The third kappa shape index (κ3) is 4.14.